The topological polar surface area (TPSA) is 438 Å². The van der Waals surface area contributed by atoms with Crippen molar-refractivity contribution < 1.29 is 152 Å². The van der Waals surface area contributed by atoms with Gasteiger partial charge in [-0.15, -0.1) is 0 Å². The second kappa shape index (κ2) is 51.0. The number of esters is 12. The predicted octanol–water partition coefficient (Wildman–Crippen LogP) is 15.8. The smallest absolute Gasteiger partial charge is 0.338 e. The van der Waals surface area contributed by atoms with E-state index in [9.17, 15) is 24.7 Å². The molecular formula is C112H97N3O32. The van der Waals surface area contributed by atoms with Crippen molar-refractivity contribution >= 4 is 71.6 Å². The van der Waals surface area contributed by atoms with Gasteiger partial charge < -0.3 is 94.7 Å². The van der Waals surface area contributed by atoms with Crippen molar-refractivity contribution in [3.8, 4) is 0 Å². The summed E-state index contributed by atoms with van der Waals surface area (Å²) in [5.41, 5.74) is 8.95. The summed E-state index contributed by atoms with van der Waals surface area (Å²) in [6.45, 7) is -2.15. The Morgan fingerprint density at radius 1 is 0.231 bits per heavy atom. The van der Waals surface area contributed by atoms with Gasteiger partial charge in [-0.05, 0) is 158 Å². The minimum atomic E-state index is -2.62. The maximum absolute atomic E-state index is 16.1. The third-order valence-corrected chi connectivity index (χ3v) is 23.8. The predicted molar refractivity (Wildman–Crippen MR) is 515 cm³/mol. The highest BCUT2D eigenvalue weighted by molar-refractivity contribution is 5.95. The molecule has 20 atom stereocenters. The number of azide groups is 1. The van der Waals surface area contributed by atoms with Crippen LogP contribution in [0.1, 0.15) is 144 Å². The molecule has 12 aromatic carbocycles. The molecule has 4 heterocycles. The van der Waals surface area contributed by atoms with Gasteiger partial charge in [0.25, 0.3) is 0 Å². The molecule has 0 N–H and O–H groups in total. The standard InChI is InChI=1S/C112H97N3O32/c1-2-3-64-128-109-93(90(141-105(124)77-56-32-12-33-57-77)86(137-101(120)73-48-24-8-25-49-73)82(133-109)66-129-97(116)69-40-16-4-17-41-69)147-112-96(144-108(127)80-62-38-15-39-63-80)92(88(139-103(122)75-52-28-10-29-53-75)84(135-112)68-131-99(118)71-44-20-6-21-45-71)146-111-95(143-107(126)79-60-36-14-37-61-79)91(87(138-102(121)74-50-26-9-27-51-74)83(134-111)67-130-98(117)70-42-18-5-19-43-70)145-110-94(142-106(125)78-58-34-13-35-59-78)89(140-104(123)76-54-30-11-31-55-76)85(81(132-110)65-114-115-113)136-100(119)72-46-22-7-23-47-72/h4-63,81-96,109-112H,2-3,64-68H2,1H3/t81?,82?,83?,84?,85-,86-,87-,88-,89?,90?,91?,92?,93-,94-,95-,96-,109+,110-,111-,112-/m1/s1. The molecule has 0 spiro atoms. The lowest BCUT2D eigenvalue weighted by Crippen LogP contribution is -2.70. The number of unbranched alkanes of at least 4 members (excludes halogenated alkanes) is 1. The van der Waals surface area contributed by atoms with Crippen molar-refractivity contribution in [2.45, 2.75) is 143 Å². The highest BCUT2D eigenvalue weighted by atomic mass is 16.8. The van der Waals surface area contributed by atoms with Gasteiger partial charge >= 0.3 is 71.6 Å². The summed E-state index contributed by atoms with van der Waals surface area (Å²) in [6, 6.07) is 88.9. The normalized spacial score (nSPS) is 23.4. The number of hydrogen-bond donors (Lipinski definition) is 0. The van der Waals surface area contributed by atoms with E-state index in [1.54, 1.807) is 97.1 Å². The molecule has 4 aliphatic rings. The van der Waals surface area contributed by atoms with E-state index >= 15 is 38.4 Å². The number of carbonyl (C=O) groups excluding carboxylic acids is 12. The largest absolute Gasteiger partial charge is 0.459 e. The molecule has 752 valence electrons. The zero-order valence-electron chi connectivity index (χ0n) is 78.5. The monoisotopic (exact) mass is 2000 g/mol. The number of benzene rings is 12. The first-order valence-electron chi connectivity index (χ1n) is 47.0. The third kappa shape index (κ3) is 26.8. The van der Waals surface area contributed by atoms with Gasteiger partial charge in [0, 0.05) is 11.5 Å². The van der Waals surface area contributed by atoms with Gasteiger partial charge in [-0.2, -0.15) is 0 Å². The summed E-state index contributed by atoms with van der Waals surface area (Å²) >= 11 is 0. The Morgan fingerprint density at radius 3 is 0.653 bits per heavy atom. The summed E-state index contributed by atoms with van der Waals surface area (Å²) in [6.07, 6.45) is -43.9. The Kier molecular flexibility index (Phi) is 35.8. The second-order valence-electron chi connectivity index (χ2n) is 33.6. The molecule has 0 saturated carbocycles. The van der Waals surface area contributed by atoms with E-state index in [1.807, 2.05) is 6.92 Å². The minimum absolute atomic E-state index is 0.0465. The Balaban J connectivity index is 0.933. The number of ether oxygens (including phenoxy) is 20. The van der Waals surface area contributed by atoms with Crippen LogP contribution in [0.15, 0.2) is 369 Å². The Hall–Kier alpha value is -16.7. The number of rotatable bonds is 39. The van der Waals surface area contributed by atoms with Crippen LogP contribution in [0.2, 0.25) is 0 Å². The van der Waals surface area contributed by atoms with Crippen LogP contribution in [-0.2, 0) is 94.7 Å². The Morgan fingerprint density at radius 2 is 0.415 bits per heavy atom. The minimum Gasteiger partial charge on any atom is -0.459 e. The molecule has 16 rings (SSSR count). The zero-order chi connectivity index (χ0) is 102. The fourth-order valence-corrected chi connectivity index (χ4v) is 16.5. The molecule has 4 aliphatic heterocycles. The van der Waals surface area contributed by atoms with Crippen molar-refractivity contribution in [2.24, 2.45) is 5.11 Å². The summed E-state index contributed by atoms with van der Waals surface area (Å²) in [4.78, 5) is 187. The fraction of sp³-hybridized carbons (Fsp3) is 0.250. The molecule has 4 fully saturated rings. The average Bonchev–Trinajstić information content (AvgIpc) is 0.747. The molecule has 0 amide bonds. The van der Waals surface area contributed by atoms with E-state index in [0.29, 0.717) is 6.42 Å². The second-order valence-corrected chi connectivity index (χ2v) is 33.6. The summed E-state index contributed by atoms with van der Waals surface area (Å²) in [5.74, 6) is -13.6. The van der Waals surface area contributed by atoms with Crippen LogP contribution in [0.5, 0.6) is 0 Å². The third-order valence-electron chi connectivity index (χ3n) is 23.8. The quantitative estimate of drug-likeness (QED) is 0.00862. The van der Waals surface area contributed by atoms with Crippen LogP contribution >= 0.6 is 0 Å². The molecule has 0 aliphatic carbocycles. The highest BCUT2D eigenvalue weighted by Crippen LogP contribution is 2.43. The van der Waals surface area contributed by atoms with Crippen molar-refractivity contribution in [3.63, 3.8) is 0 Å². The first kappa shape index (κ1) is 103. The highest BCUT2D eigenvalue weighted by Gasteiger charge is 2.63. The van der Waals surface area contributed by atoms with E-state index in [-0.39, 0.29) is 79.8 Å². The van der Waals surface area contributed by atoms with Crippen LogP contribution in [0.3, 0.4) is 0 Å². The van der Waals surface area contributed by atoms with E-state index < -0.39 is 221 Å². The lowest BCUT2D eigenvalue weighted by molar-refractivity contribution is -0.390. The van der Waals surface area contributed by atoms with Gasteiger partial charge in [0.05, 0.1) is 73.3 Å². The molecule has 8 unspecified atom stereocenters. The fourth-order valence-electron chi connectivity index (χ4n) is 16.5. The van der Waals surface area contributed by atoms with Gasteiger partial charge in [-0.1, -0.05) is 237 Å². The van der Waals surface area contributed by atoms with Crippen molar-refractivity contribution in [3.05, 3.63) is 441 Å². The van der Waals surface area contributed by atoms with Crippen LogP contribution in [0, 0.1) is 0 Å². The molecule has 35 heteroatoms. The maximum Gasteiger partial charge on any atom is 0.338 e. The summed E-state index contributed by atoms with van der Waals surface area (Å²) in [5, 5.41) is 3.87. The molecule has 0 aromatic heterocycles. The van der Waals surface area contributed by atoms with Gasteiger partial charge in [-0.25, -0.2) is 57.5 Å². The van der Waals surface area contributed by atoms with Crippen LogP contribution in [0.25, 0.3) is 10.4 Å². The number of hydrogen-bond acceptors (Lipinski definition) is 33. The Bertz CT molecular complexity index is 6480. The lowest BCUT2D eigenvalue weighted by atomic mass is 9.94. The van der Waals surface area contributed by atoms with Crippen LogP contribution in [0.4, 0.5) is 0 Å². The summed E-state index contributed by atoms with van der Waals surface area (Å²) < 4.78 is 136. The maximum atomic E-state index is 16.1. The van der Waals surface area contributed by atoms with Gasteiger partial charge in [0.15, 0.2) is 86.2 Å². The van der Waals surface area contributed by atoms with E-state index in [1.165, 1.54) is 267 Å². The van der Waals surface area contributed by atoms with Gasteiger partial charge in [0.1, 0.15) is 56.4 Å². The number of nitrogens with zero attached hydrogens (tertiary/aromatic N) is 3. The molecule has 35 nitrogen and oxygen atoms in total. The van der Waals surface area contributed by atoms with Crippen LogP contribution < -0.4 is 0 Å². The van der Waals surface area contributed by atoms with Crippen LogP contribution in [-0.4, -0.2) is 227 Å². The molecule has 147 heavy (non-hydrogen) atoms. The average molecular weight is 2000 g/mol. The van der Waals surface area contributed by atoms with Crippen molar-refractivity contribution in [2.75, 3.05) is 33.0 Å². The van der Waals surface area contributed by atoms with E-state index in [0.717, 1.165) is 0 Å². The summed E-state index contributed by atoms with van der Waals surface area (Å²) in [7, 11) is 0. The SMILES string of the molecule is CCCCO[C@H]1OC(COC(=O)c2ccccc2)[C@@H](OC(=O)c2ccccc2)C(OC(=O)c2ccccc2)[C@H]1O[C@H]1OC(COC(=O)c2ccccc2)[C@@H](OC(=O)c2ccccc2)C(O[C@H]2OC(COC(=O)c3ccccc3)[C@@H](OC(=O)c3ccccc3)C(O[C@H]3OC(CN=[N+]=[N-])[C@@H](OC(=O)c4ccccc4)C(OC(=O)c4ccccc4)[C@H]3OC(=O)c3ccccc3)[C@H]2OC(=O)c2ccccc2)[C@H]1OC(=O)c1ccccc1. The lowest BCUT2D eigenvalue weighted by Gasteiger charge is -2.51. The molecular weight excluding hydrogens is 1900 g/mol. The molecule has 0 bridgehead atoms. The van der Waals surface area contributed by atoms with Gasteiger partial charge in [-0.3, -0.25) is 0 Å². The molecule has 4 saturated heterocycles. The first-order chi connectivity index (χ1) is 71.8. The van der Waals surface area contributed by atoms with Crippen molar-refractivity contribution in [1.29, 1.82) is 0 Å². The number of carbonyl (C=O) groups is 12. The zero-order valence-corrected chi connectivity index (χ0v) is 78.5. The Labute approximate surface area is 841 Å². The first-order valence-corrected chi connectivity index (χ1v) is 47.0. The van der Waals surface area contributed by atoms with E-state index in [2.05, 4.69) is 10.0 Å². The van der Waals surface area contributed by atoms with Crippen molar-refractivity contribution in [1.82, 2.24) is 0 Å². The molecule has 12 aromatic rings. The molecule has 0 radical (unpaired) electrons. The van der Waals surface area contributed by atoms with E-state index in [4.69, 9.17) is 94.7 Å². The van der Waals surface area contributed by atoms with Gasteiger partial charge in [0.2, 0.25) is 0 Å².